The summed E-state index contributed by atoms with van der Waals surface area (Å²) in [5.41, 5.74) is 4.26. The molecule has 0 aliphatic carbocycles. The molecule has 3 rings (SSSR count). The van der Waals surface area contributed by atoms with E-state index in [2.05, 4.69) is 15.2 Å². The summed E-state index contributed by atoms with van der Waals surface area (Å²) in [5, 5.41) is 7.84. The van der Waals surface area contributed by atoms with E-state index in [-0.39, 0.29) is 0 Å². The molecule has 0 saturated heterocycles. The number of hydrogen-bond acceptors (Lipinski definition) is 3. The first kappa shape index (κ1) is 5.18. The van der Waals surface area contributed by atoms with Gasteiger partial charge < -0.3 is 0 Å². The van der Waals surface area contributed by atoms with Crippen molar-refractivity contribution >= 4 is 11.0 Å². The summed E-state index contributed by atoms with van der Waals surface area (Å²) in [7, 11) is 0. The zero-order valence-electron chi connectivity index (χ0n) is 5.78. The van der Waals surface area contributed by atoms with E-state index in [4.69, 9.17) is 0 Å². The fourth-order valence-electron chi connectivity index (χ4n) is 1.45. The molecule has 0 amide bonds. The number of aromatic nitrogens is 3. The van der Waals surface area contributed by atoms with E-state index in [0.717, 1.165) is 23.1 Å². The van der Waals surface area contributed by atoms with Crippen LogP contribution >= 0.6 is 0 Å². The molecular formula is C8H5N3. The maximum atomic E-state index is 4.37. The molecule has 3 nitrogen and oxygen atoms in total. The molecular weight excluding hydrogens is 138 g/mol. The van der Waals surface area contributed by atoms with Crippen LogP contribution in [0.3, 0.4) is 0 Å². The molecule has 0 unspecified atom stereocenters. The Bertz CT molecular complexity index is 436. The summed E-state index contributed by atoms with van der Waals surface area (Å²) >= 11 is 0. The molecule has 11 heavy (non-hydrogen) atoms. The highest BCUT2D eigenvalue weighted by Gasteiger charge is 2.13. The molecule has 0 radical (unpaired) electrons. The molecule has 3 heteroatoms. The van der Waals surface area contributed by atoms with Crippen molar-refractivity contribution in [3.05, 3.63) is 29.6 Å². The molecule has 2 bridgehead atoms. The van der Waals surface area contributed by atoms with E-state index >= 15 is 0 Å². The van der Waals surface area contributed by atoms with Crippen LogP contribution in [-0.2, 0) is 6.42 Å². The van der Waals surface area contributed by atoms with Gasteiger partial charge in [0.1, 0.15) is 5.52 Å². The smallest absolute Gasteiger partial charge is 0.112 e. The summed E-state index contributed by atoms with van der Waals surface area (Å²) in [6, 6.07) is 3.98. The Morgan fingerprint density at radius 1 is 1.27 bits per heavy atom. The van der Waals surface area contributed by atoms with Gasteiger partial charge in [0.05, 0.1) is 11.7 Å². The van der Waals surface area contributed by atoms with Gasteiger partial charge in [0.15, 0.2) is 0 Å². The van der Waals surface area contributed by atoms with Crippen LogP contribution in [0.4, 0.5) is 0 Å². The SMILES string of the molecule is c1cc2nncc3c2nc1C3. The lowest BCUT2D eigenvalue weighted by Gasteiger charge is -1.89. The van der Waals surface area contributed by atoms with Gasteiger partial charge in [-0.2, -0.15) is 5.10 Å². The average Bonchev–Trinajstić information content (AvgIpc) is 2.42. The van der Waals surface area contributed by atoms with Crippen molar-refractivity contribution in [2.24, 2.45) is 0 Å². The van der Waals surface area contributed by atoms with E-state index in [0.29, 0.717) is 0 Å². The molecule has 0 fully saturated rings. The highest BCUT2D eigenvalue weighted by molar-refractivity contribution is 5.79. The van der Waals surface area contributed by atoms with Gasteiger partial charge in [0, 0.05) is 17.7 Å². The number of hydrogen-bond donors (Lipinski definition) is 0. The van der Waals surface area contributed by atoms with Gasteiger partial charge in [-0.3, -0.25) is 4.98 Å². The van der Waals surface area contributed by atoms with Gasteiger partial charge in [-0.05, 0) is 12.1 Å². The summed E-state index contributed by atoms with van der Waals surface area (Å²) < 4.78 is 0. The zero-order chi connectivity index (χ0) is 7.26. The molecule has 1 aliphatic rings. The molecule has 0 spiro atoms. The lowest BCUT2D eigenvalue weighted by molar-refractivity contribution is 1.06. The van der Waals surface area contributed by atoms with Crippen molar-refractivity contribution in [3.63, 3.8) is 0 Å². The third-order valence-electron chi connectivity index (χ3n) is 1.99. The van der Waals surface area contributed by atoms with Crippen LogP contribution in [-0.4, -0.2) is 15.2 Å². The summed E-state index contributed by atoms with van der Waals surface area (Å²) in [6.45, 7) is 0. The van der Waals surface area contributed by atoms with Gasteiger partial charge in [-0.15, -0.1) is 5.10 Å². The summed E-state index contributed by atoms with van der Waals surface area (Å²) in [6.07, 6.45) is 2.72. The van der Waals surface area contributed by atoms with Crippen LogP contribution in [0.25, 0.3) is 11.0 Å². The van der Waals surface area contributed by atoms with Crippen molar-refractivity contribution in [1.82, 2.24) is 15.2 Å². The molecule has 0 aromatic carbocycles. The minimum absolute atomic E-state index is 0.906. The number of rotatable bonds is 0. The Labute approximate surface area is 63.1 Å². The molecule has 1 aliphatic heterocycles. The largest absolute Gasteiger partial charge is 0.250 e. The van der Waals surface area contributed by atoms with Crippen LogP contribution in [0.1, 0.15) is 11.3 Å². The van der Waals surface area contributed by atoms with Crippen LogP contribution in [0.15, 0.2) is 18.3 Å². The van der Waals surface area contributed by atoms with Gasteiger partial charge in [-0.25, -0.2) is 0 Å². The monoisotopic (exact) mass is 143 g/mol. The van der Waals surface area contributed by atoms with Crippen molar-refractivity contribution in [2.75, 3.05) is 0 Å². The second kappa shape index (κ2) is 1.56. The van der Waals surface area contributed by atoms with E-state index < -0.39 is 0 Å². The van der Waals surface area contributed by atoms with Gasteiger partial charge in [0.25, 0.3) is 0 Å². The van der Waals surface area contributed by atoms with E-state index in [1.54, 1.807) is 6.20 Å². The molecule has 2 aromatic heterocycles. The van der Waals surface area contributed by atoms with Crippen molar-refractivity contribution in [3.8, 4) is 0 Å². The van der Waals surface area contributed by atoms with E-state index in [1.165, 1.54) is 5.56 Å². The minimum atomic E-state index is 0.906. The topological polar surface area (TPSA) is 38.7 Å². The Kier molecular flexibility index (Phi) is 0.733. The van der Waals surface area contributed by atoms with Crippen LogP contribution < -0.4 is 0 Å². The van der Waals surface area contributed by atoms with Gasteiger partial charge in [-0.1, -0.05) is 0 Å². The second-order valence-electron chi connectivity index (χ2n) is 2.72. The van der Waals surface area contributed by atoms with Crippen molar-refractivity contribution in [1.29, 1.82) is 0 Å². The fourth-order valence-corrected chi connectivity index (χ4v) is 1.45. The third-order valence-corrected chi connectivity index (χ3v) is 1.99. The molecule has 3 heterocycles. The predicted octanol–water partition coefficient (Wildman–Crippen LogP) is 0.929. The van der Waals surface area contributed by atoms with E-state index in [1.807, 2.05) is 12.1 Å². The Hall–Kier alpha value is -1.51. The maximum Gasteiger partial charge on any atom is 0.112 e. The molecule has 2 aromatic rings. The highest BCUT2D eigenvalue weighted by atomic mass is 15.1. The minimum Gasteiger partial charge on any atom is -0.250 e. The first-order valence-corrected chi connectivity index (χ1v) is 3.54. The Balaban J connectivity index is 2.62. The molecule has 0 N–H and O–H groups in total. The number of fused-ring (bicyclic) bond motifs is 1. The quantitative estimate of drug-likeness (QED) is 0.470. The predicted molar refractivity (Wildman–Crippen MR) is 40.1 cm³/mol. The van der Waals surface area contributed by atoms with Crippen LogP contribution in [0.5, 0.6) is 0 Å². The Morgan fingerprint density at radius 3 is 3.27 bits per heavy atom. The maximum absolute atomic E-state index is 4.37. The van der Waals surface area contributed by atoms with Gasteiger partial charge in [0.2, 0.25) is 0 Å². The molecule has 0 atom stereocenters. The summed E-state index contributed by atoms with van der Waals surface area (Å²) in [4.78, 5) is 4.37. The lowest BCUT2D eigenvalue weighted by atomic mass is 10.2. The third kappa shape index (κ3) is 0.550. The standard InChI is InChI=1S/C8H5N3/c1-2-7-8-5(4-9-11-7)3-6(1)10-8/h1-2,4H,3H2. The van der Waals surface area contributed by atoms with Crippen LogP contribution in [0, 0.1) is 0 Å². The number of pyridine rings is 1. The highest BCUT2D eigenvalue weighted by Crippen LogP contribution is 2.22. The normalized spacial score (nSPS) is 13.1. The van der Waals surface area contributed by atoms with Gasteiger partial charge >= 0.3 is 0 Å². The van der Waals surface area contributed by atoms with Crippen molar-refractivity contribution in [2.45, 2.75) is 6.42 Å². The molecule has 0 saturated carbocycles. The van der Waals surface area contributed by atoms with Crippen LogP contribution in [0.2, 0.25) is 0 Å². The summed E-state index contributed by atoms with van der Waals surface area (Å²) in [5.74, 6) is 0. The Morgan fingerprint density at radius 2 is 2.27 bits per heavy atom. The first-order valence-electron chi connectivity index (χ1n) is 3.54. The number of nitrogens with zero attached hydrogens (tertiary/aromatic N) is 3. The van der Waals surface area contributed by atoms with Crippen molar-refractivity contribution < 1.29 is 0 Å². The van der Waals surface area contributed by atoms with E-state index in [9.17, 15) is 0 Å². The second-order valence-corrected chi connectivity index (χ2v) is 2.72. The zero-order valence-corrected chi connectivity index (χ0v) is 5.78. The molecule has 52 valence electrons. The fraction of sp³-hybridized carbons (Fsp3) is 0.125. The average molecular weight is 143 g/mol. The first-order chi connectivity index (χ1) is 5.43. The lowest BCUT2D eigenvalue weighted by Crippen LogP contribution is -1.84.